The number of hydrogen-bond acceptors (Lipinski definition) is 4. The second kappa shape index (κ2) is 5.75. The molecule has 1 aliphatic rings. The van der Waals surface area contributed by atoms with E-state index in [0.29, 0.717) is 18.3 Å². The van der Waals surface area contributed by atoms with E-state index in [9.17, 15) is 4.79 Å². The molecule has 0 radical (unpaired) electrons. The number of carbonyl (C=O) groups is 1. The third kappa shape index (κ3) is 3.15. The first-order chi connectivity index (χ1) is 8.69. The number of rotatable bonds is 4. The molecule has 0 saturated heterocycles. The molecular formula is C12H20N4O2. The van der Waals surface area contributed by atoms with Gasteiger partial charge in [-0.15, -0.1) is 0 Å². The molecule has 0 spiro atoms. The zero-order valence-corrected chi connectivity index (χ0v) is 10.6. The lowest BCUT2D eigenvalue weighted by atomic mass is 10.0. The predicted molar refractivity (Wildman–Crippen MR) is 68.2 cm³/mol. The highest BCUT2D eigenvalue weighted by molar-refractivity contribution is 5.67. The fourth-order valence-electron chi connectivity index (χ4n) is 2.31. The molecule has 1 saturated carbocycles. The van der Waals surface area contributed by atoms with Gasteiger partial charge >= 0.3 is 6.09 Å². The molecule has 1 fully saturated rings. The van der Waals surface area contributed by atoms with E-state index in [0.717, 1.165) is 31.4 Å². The quantitative estimate of drug-likeness (QED) is 0.761. The molecule has 1 aromatic heterocycles. The van der Waals surface area contributed by atoms with E-state index in [1.54, 1.807) is 0 Å². The van der Waals surface area contributed by atoms with Crippen LogP contribution in [0.1, 0.15) is 44.2 Å². The van der Waals surface area contributed by atoms with Crippen LogP contribution in [0.3, 0.4) is 0 Å². The molecule has 2 rings (SSSR count). The van der Waals surface area contributed by atoms with Crippen molar-refractivity contribution in [3.63, 3.8) is 0 Å². The molecule has 1 heterocycles. The van der Waals surface area contributed by atoms with Gasteiger partial charge in [0.05, 0.1) is 0 Å². The van der Waals surface area contributed by atoms with Crippen molar-refractivity contribution in [3.8, 4) is 0 Å². The van der Waals surface area contributed by atoms with Gasteiger partial charge in [-0.05, 0) is 25.7 Å². The Morgan fingerprint density at radius 2 is 2.50 bits per heavy atom. The Bertz CT molecular complexity index is 405. The number of hydrogen-bond donors (Lipinski definition) is 3. The molecule has 6 heteroatoms. The minimum Gasteiger partial charge on any atom is -0.446 e. The van der Waals surface area contributed by atoms with Crippen molar-refractivity contribution in [1.29, 1.82) is 0 Å². The fraction of sp³-hybridized carbons (Fsp3) is 0.667. The van der Waals surface area contributed by atoms with Crippen LogP contribution in [0.15, 0.2) is 6.07 Å². The van der Waals surface area contributed by atoms with E-state index in [4.69, 9.17) is 10.5 Å². The van der Waals surface area contributed by atoms with Crippen LogP contribution in [0, 0.1) is 0 Å². The summed E-state index contributed by atoms with van der Waals surface area (Å²) in [5.41, 5.74) is 6.61. The molecule has 1 amide bonds. The number of aromatic nitrogens is 2. The summed E-state index contributed by atoms with van der Waals surface area (Å²) >= 11 is 0. The number of amides is 1. The van der Waals surface area contributed by atoms with E-state index >= 15 is 0 Å². The number of nitrogen functional groups attached to an aromatic ring is 1. The lowest BCUT2D eigenvalue weighted by molar-refractivity contribution is 0.100. The molecule has 18 heavy (non-hydrogen) atoms. The minimum absolute atomic E-state index is 0.00335. The van der Waals surface area contributed by atoms with Crippen LogP contribution >= 0.6 is 0 Å². The molecule has 0 aliphatic heterocycles. The molecule has 4 N–H and O–H groups in total. The van der Waals surface area contributed by atoms with Crippen molar-refractivity contribution in [3.05, 3.63) is 11.8 Å². The lowest BCUT2D eigenvalue weighted by Gasteiger charge is -2.12. The normalized spacial score (nSPS) is 22.9. The topological polar surface area (TPSA) is 93.0 Å². The summed E-state index contributed by atoms with van der Waals surface area (Å²) in [5, 5.41) is 9.56. The van der Waals surface area contributed by atoms with Crippen molar-refractivity contribution in [2.45, 2.75) is 44.6 Å². The average molecular weight is 252 g/mol. The maximum atomic E-state index is 11.4. The maximum Gasteiger partial charge on any atom is 0.407 e. The summed E-state index contributed by atoms with van der Waals surface area (Å²) in [6, 6.07) is 1.85. The van der Waals surface area contributed by atoms with Gasteiger partial charge < -0.3 is 15.8 Å². The van der Waals surface area contributed by atoms with Crippen LogP contribution in [0.2, 0.25) is 0 Å². The third-order valence-electron chi connectivity index (χ3n) is 3.23. The summed E-state index contributed by atoms with van der Waals surface area (Å²) in [5.74, 6) is 0.869. The maximum absolute atomic E-state index is 11.4. The number of carbonyl (C=O) groups excluding carboxylic acids is 1. The van der Waals surface area contributed by atoms with Crippen molar-refractivity contribution in [2.75, 3.05) is 12.3 Å². The van der Waals surface area contributed by atoms with Gasteiger partial charge in [-0.1, -0.05) is 6.92 Å². The van der Waals surface area contributed by atoms with Gasteiger partial charge in [0.25, 0.3) is 0 Å². The van der Waals surface area contributed by atoms with Gasteiger partial charge in [0.2, 0.25) is 0 Å². The Hall–Kier alpha value is -1.72. The molecule has 0 aromatic carbocycles. The Balaban J connectivity index is 1.80. The van der Waals surface area contributed by atoms with Crippen LogP contribution in [-0.2, 0) is 4.74 Å². The van der Waals surface area contributed by atoms with Crippen LogP contribution in [0.4, 0.5) is 10.6 Å². The van der Waals surface area contributed by atoms with Crippen LogP contribution in [0.5, 0.6) is 0 Å². The van der Waals surface area contributed by atoms with Gasteiger partial charge in [-0.2, -0.15) is 5.10 Å². The summed E-state index contributed by atoms with van der Waals surface area (Å²) in [6.07, 6.45) is 3.32. The number of nitrogens with two attached hydrogens (primary N) is 1. The monoisotopic (exact) mass is 252 g/mol. The standard InChI is InChI=1S/C12H20N4O2/c1-2-5-14-12(17)18-9-4-3-8(6-9)10-7-11(13)16-15-10/h7-9H,2-6H2,1H3,(H,14,17)(H3,13,15,16). The highest BCUT2D eigenvalue weighted by Crippen LogP contribution is 2.35. The van der Waals surface area contributed by atoms with Crippen LogP contribution in [0.25, 0.3) is 0 Å². The molecule has 1 aliphatic carbocycles. The molecule has 6 nitrogen and oxygen atoms in total. The lowest BCUT2D eigenvalue weighted by Crippen LogP contribution is -2.28. The summed E-state index contributed by atoms with van der Waals surface area (Å²) in [4.78, 5) is 11.4. The highest BCUT2D eigenvalue weighted by Gasteiger charge is 2.29. The van der Waals surface area contributed by atoms with E-state index in [1.807, 2.05) is 13.0 Å². The minimum atomic E-state index is -0.313. The second-order valence-corrected chi connectivity index (χ2v) is 4.71. The molecular weight excluding hydrogens is 232 g/mol. The van der Waals surface area contributed by atoms with E-state index in [-0.39, 0.29) is 12.2 Å². The van der Waals surface area contributed by atoms with Gasteiger partial charge in [0.15, 0.2) is 0 Å². The number of H-pyrrole nitrogens is 1. The number of anilines is 1. The second-order valence-electron chi connectivity index (χ2n) is 4.71. The van der Waals surface area contributed by atoms with E-state index < -0.39 is 0 Å². The first-order valence-electron chi connectivity index (χ1n) is 6.44. The van der Waals surface area contributed by atoms with Gasteiger partial charge in [0, 0.05) is 24.2 Å². The van der Waals surface area contributed by atoms with Crippen molar-refractivity contribution >= 4 is 11.9 Å². The van der Waals surface area contributed by atoms with Crippen molar-refractivity contribution < 1.29 is 9.53 Å². The Morgan fingerprint density at radius 3 is 3.17 bits per heavy atom. The SMILES string of the molecule is CCCNC(=O)OC1CCC(c2cc(N)n[nH]2)C1. The van der Waals surface area contributed by atoms with Gasteiger partial charge in [0.1, 0.15) is 11.9 Å². The summed E-state index contributed by atoms with van der Waals surface area (Å²) < 4.78 is 5.36. The number of aromatic amines is 1. The number of ether oxygens (including phenoxy) is 1. The first kappa shape index (κ1) is 12.7. The molecule has 100 valence electrons. The predicted octanol–water partition coefficient (Wildman–Crippen LogP) is 1.76. The molecule has 2 atom stereocenters. The van der Waals surface area contributed by atoms with E-state index in [1.165, 1.54) is 0 Å². The molecule has 2 unspecified atom stereocenters. The van der Waals surface area contributed by atoms with Gasteiger partial charge in [-0.3, -0.25) is 5.10 Å². The first-order valence-corrected chi connectivity index (χ1v) is 6.44. The zero-order valence-electron chi connectivity index (χ0n) is 10.6. The number of nitrogens with zero attached hydrogens (tertiary/aromatic N) is 1. The zero-order chi connectivity index (χ0) is 13.0. The Morgan fingerprint density at radius 1 is 1.67 bits per heavy atom. The smallest absolute Gasteiger partial charge is 0.407 e. The highest BCUT2D eigenvalue weighted by atomic mass is 16.6. The fourth-order valence-corrected chi connectivity index (χ4v) is 2.31. The third-order valence-corrected chi connectivity index (χ3v) is 3.23. The van der Waals surface area contributed by atoms with Crippen molar-refractivity contribution in [2.24, 2.45) is 0 Å². The molecule has 1 aromatic rings. The van der Waals surface area contributed by atoms with Crippen molar-refractivity contribution in [1.82, 2.24) is 15.5 Å². The van der Waals surface area contributed by atoms with Crippen LogP contribution in [-0.4, -0.2) is 28.9 Å². The average Bonchev–Trinajstić information content (AvgIpc) is 2.95. The Kier molecular flexibility index (Phi) is 4.07. The molecule has 0 bridgehead atoms. The van der Waals surface area contributed by atoms with E-state index in [2.05, 4.69) is 15.5 Å². The van der Waals surface area contributed by atoms with Crippen LogP contribution < -0.4 is 11.1 Å². The number of nitrogens with one attached hydrogen (secondary N) is 2. The van der Waals surface area contributed by atoms with Gasteiger partial charge in [-0.25, -0.2) is 4.79 Å². The summed E-state index contributed by atoms with van der Waals surface area (Å²) in [6.45, 7) is 2.67. The summed E-state index contributed by atoms with van der Waals surface area (Å²) in [7, 11) is 0. The Labute approximate surface area is 106 Å². The number of alkyl carbamates (subject to hydrolysis) is 1. The largest absolute Gasteiger partial charge is 0.446 e.